The van der Waals surface area contributed by atoms with E-state index in [1.165, 1.54) is 6.92 Å². The van der Waals surface area contributed by atoms with E-state index in [9.17, 15) is 4.79 Å². The van der Waals surface area contributed by atoms with Crippen molar-refractivity contribution in [3.8, 4) is 0 Å². The minimum absolute atomic E-state index is 0.0518. The monoisotopic (exact) mass is 157 g/mol. The van der Waals surface area contributed by atoms with Crippen LogP contribution >= 0.6 is 0 Å². The second kappa shape index (κ2) is 3.06. The molecule has 7 nitrogen and oxygen atoms in total. The standard InChI is InChI=1S/C4H7N5O2/c1-2(10)3(11)5-4-6-8-9-7-4/h2,10H,1H3,(H2,5,6,7,8,9,11)/t2-/m1/s1. The number of aromatic nitrogens is 4. The molecule has 1 aromatic rings. The van der Waals surface area contributed by atoms with Gasteiger partial charge in [0.05, 0.1) is 0 Å². The molecule has 1 rings (SSSR count). The van der Waals surface area contributed by atoms with Crippen LogP contribution in [0.5, 0.6) is 0 Å². The van der Waals surface area contributed by atoms with Gasteiger partial charge in [-0.2, -0.15) is 5.21 Å². The molecule has 0 aliphatic rings. The summed E-state index contributed by atoms with van der Waals surface area (Å²) in [5, 5.41) is 23.2. The molecule has 11 heavy (non-hydrogen) atoms. The molecule has 0 saturated heterocycles. The van der Waals surface area contributed by atoms with Crippen LogP contribution in [0.15, 0.2) is 0 Å². The van der Waals surface area contributed by atoms with Crippen LogP contribution in [0.1, 0.15) is 6.92 Å². The Bertz CT molecular complexity index is 231. The Hall–Kier alpha value is -1.50. The number of hydrogen-bond donors (Lipinski definition) is 3. The Labute approximate surface area is 61.8 Å². The third-order valence-electron chi connectivity index (χ3n) is 0.960. The lowest BCUT2D eigenvalue weighted by atomic mass is 10.4. The fraction of sp³-hybridized carbons (Fsp3) is 0.500. The molecule has 0 aliphatic heterocycles. The van der Waals surface area contributed by atoms with Crippen LogP contribution in [-0.4, -0.2) is 37.7 Å². The third-order valence-corrected chi connectivity index (χ3v) is 0.960. The van der Waals surface area contributed by atoms with Crippen molar-refractivity contribution in [2.24, 2.45) is 0 Å². The van der Waals surface area contributed by atoms with Crippen molar-refractivity contribution in [3.05, 3.63) is 0 Å². The summed E-state index contributed by atoms with van der Waals surface area (Å²) in [6, 6.07) is 0. The average Bonchev–Trinajstić information content (AvgIpc) is 2.39. The first-order valence-electron chi connectivity index (χ1n) is 2.92. The van der Waals surface area contributed by atoms with E-state index in [1.54, 1.807) is 0 Å². The number of nitrogens with one attached hydrogen (secondary N) is 2. The fourth-order valence-corrected chi connectivity index (χ4v) is 0.429. The fourth-order valence-electron chi connectivity index (χ4n) is 0.429. The number of aliphatic hydroxyl groups is 1. The van der Waals surface area contributed by atoms with Gasteiger partial charge in [0.1, 0.15) is 6.10 Å². The SMILES string of the molecule is C[C@@H](O)C(=O)Nc1nn[nH]n1. The summed E-state index contributed by atoms with van der Waals surface area (Å²) in [6.45, 7) is 1.34. The lowest BCUT2D eigenvalue weighted by molar-refractivity contribution is -0.123. The molecule has 0 spiro atoms. The van der Waals surface area contributed by atoms with Crippen LogP contribution in [0.3, 0.4) is 0 Å². The predicted molar refractivity (Wildman–Crippen MR) is 34.5 cm³/mol. The molecule has 0 fully saturated rings. The van der Waals surface area contributed by atoms with Gasteiger partial charge in [-0.25, -0.2) is 0 Å². The number of amides is 1. The topological polar surface area (TPSA) is 104 Å². The summed E-state index contributed by atoms with van der Waals surface area (Å²) in [7, 11) is 0. The summed E-state index contributed by atoms with van der Waals surface area (Å²) >= 11 is 0. The summed E-state index contributed by atoms with van der Waals surface area (Å²) in [5.41, 5.74) is 0. The van der Waals surface area contributed by atoms with Gasteiger partial charge in [-0.1, -0.05) is 5.10 Å². The van der Waals surface area contributed by atoms with E-state index >= 15 is 0 Å². The largest absolute Gasteiger partial charge is 0.384 e. The molecule has 0 aromatic carbocycles. The molecule has 1 amide bonds. The number of carbonyl (C=O) groups excluding carboxylic acids is 1. The van der Waals surface area contributed by atoms with Crippen LogP contribution in [0.25, 0.3) is 0 Å². The molecular formula is C4H7N5O2. The Morgan fingerprint density at radius 2 is 2.55 bits per heavy atom. The van der Waals surface area contributed by atoms with Gasteiger partial charge in [0.25, 0.3) is 11.9 Å². The molecule has 0 bridgehead atoms. The zero-order valence-electron chi connectivity index (χ0n) is 5.77. The first-order valence-corrected chi connectivity index (χ1v) is 2.92. The molecular weight excluding hydrogens is 150 g/mol. The lowest BCUT2D eigenvalue weighted by Gasteiger charge is -2.00. The average molecular weight is 157 g/mol. The molecule has 1 aromatic heterocycles. The third kappa shape index (κ3) is 1.97. The number of tetrazole rings is 1. The van der Waals surface area contributed by atoms with E-state index in [4.69, 9.17) is 5.11 Å². The number of carbonyl (C=O) groups is 1. The minimum Gasteiger partial charge on any atom is -0.384 e. The Kier molecular flexibility index (Phi) is 2.12. The predicted octanol–water partition coefficient (Wildman–Crippen LogP) is -1.48. The van der Waals surface area contributed by atoms with Gasteiger partial charge in [-0.05, 0) is 12.1 Å². The highest BCUT2D eigenvalue weighted by Gasteiger charge is 2.10. The summed E-state index contributed by atoms with van der Waals surface area (Å²) < 4.78 is 0. The smallest absolute Gasteiger partial charge is 0.269 e. The van der Waals surface area contributed by atoms with Crippen molar-refractivity contribution in [1.82, 2.24) is 20.6 Å². The molecule has 1 heterocycles. The van der Waals surface area contributed by atoms with Gasteiger partial charge in [0.15, 0.2) is 0 Å². The highest BCUT2D eigenvalue weighted by atomic mass is 16.3. The quantitative estimate of drug-likeness (QED) is 0.485. The van der Waals surface area contributed by atoms with Gasteiger partial charge in [-0.3, -0.25) is 10.1 Å². The van der Waals surface area contributed by atoms with Gasteiger partial charge >= 0.3 is 0 Å². The number of H-pyrrole nitrogens is 1. The molecule has 3 N–H and O–H groups in total. The number of rotatable bonds is 2. The maximum Gasteiger partial charge on any atom is 0.269 e. The van der Waals surface area contributed by atoms with Crippen molar-refractivity contribution >= 4 is 11.9 Å². The zero-order chi connectivity index (χ0) is 8.27. The number of hydrogen-bond acceptors (Lipinski definition) is 5. The highest BCUT2D eigenvalue weighted by Crippen LogP contribution is 1.91. The molecule has 0 radical (unpaired) electrons. The van der Waals surface area contributed by atoms with Crippen molar-refractivity contribution < 1.29 is 9.90 Å². The van der Waals surface area contributed by atoms with E-state index in [0.29, 0.717) is 0 Å². The Morgan fingerprint density at radius 1 is 1.82 bits per heavy atom. The van der Waals surface area contributed by atoms with Crippen LogP contribution in [0.2, 0.25) is 0 Å². The van der Waals surface area contributed by atoms with Crippen LogP contribution in [0, 0.1) is 0 Å². The van der Waals surface area contributed by atoms with E-state index in [-0.39, 0.29) is 5.95 Å². The van der Waals surface area contributed by atoms with E-state index < -0.39 is 12.0 Å². The maximum atomic E-state index is 10.7. The Morgan fingerprint density at radius 3 is 3.00 bits per heavy atom. The molecule has 0 saturated carbocycles. The summed E-state index contributed by atoms with van der Waals surface area (Å²) in [5.74, 6) is -0.512. The van der Waals surface area contributed by atoms with Gasteiger partial charge in [-0.15, -0.1) is 5.10 Å². The summed E-state index contributed by atoms with van der Waals surface area (Å²) in [6.07, 6.45) is -1.08. The number of aliphatic hydroxyl groups excluding tert-OH is 1. The van der Waals surface area contributed by atoms with Gasteiger partial charge in [0.2, 0.25) is 0 Å². The first-order chi connectivity index (χ1) is 5.20. The highest BCUT2D eigenvalue weighted by molar-refractivity contribution is 5.91. The van der Waals surface area contributed by atoms with Crippen molar-refractivity contribution in [1.29, 1.82) is 0 Å². The second-order valence-corrected chi connectivity index (χ2v) is 1.90. The minimum atomic E-state index is -1.08. The van der Waals surface area contributed by atoms with E-state index in [1.807, 2.05) is 0 Å². The zero-order valence-corrected chi connectivity index (χ0v) is 5.77. The molecule has 1 atom stereocenters. The number of anilines is 1. The maximum absolute atomic E-state index is 10.7. The Balaban J connectivity index is 2.50. The first kappa shape index (κ1) is 7.61. The molecule has 0 aliphatic carbocycles. The summed E-state index contributed by atoms with van der Waals surface area (Å²) in [4.78, 5) is 10.7. The van der Waals surface area contributed by atoms with Gasteiger partial charge < -0.3 is 5.11 Å². The molecule has 7 heteroatoms. The second-order valence-electron chi connectivity index (χ2n) is 1.90. The number of nitrogens with zero attached hydrogens (tertiary/aromatic N) is 3. The van der Waals surface area contributed by atoms with E-state index in [0.717, 1.165) is 0 Å². The molecule has 0 unspecified atom stereocenters. The van der Waals surface area contributed by atoms with Crippen molar-refractivity contribution in [2.45, 2.75) is 13.0 Å². The van der Waals surface area contributed by atoms with Crippen molar-refractivity contribution in [2.75, 3.05) is 5.32 Å². The van der Waals surface area contributed by atoms with Gasteiger partial charge in [0, 0.05) is 0 Å². The normalized spacial score (nSPS) is 12.5. The lowest BCUT2D eigenvalue weighted by Crippen LogP contribution is -2.25. The van der Waals surface area contributed by atoms with Crippen LogP contribution in [-0.2, 0) is 4.79 Å². The van der Waals surface area contributed by atoms with E-state index in [2.05, 4.69) is 25.9 Å². The number of aromatic amines is 1. The van der Waals surface area contributed by atoms with Crippen molar-refractivity contribution in [3.63, 3.8) is 0 Å². The molecule has 60 valence electrons. The van der Waals surface area contributed by atoms with Crippen LogP contribution < -0.4 is 5.32 Å². The van der Waals surface area contributed by atoms with Crippen LogP contribution in [0.4, 0.5) is 5.95 Å².